The van der Waals surface area contributed by atoms with Crippen LogP contribution in [0.15, 0.2) is 115 Å². The zero-order valence-corrected chi connectivity index (χ0v) is 23.5. The molecule has 2 heterocycles. The number of fused-ring (bicyclic) bond motifs is 2. The fourth-order valence-electron chi connectivity index (χ4n) is 5.11. The summed E-state index contributed by atoms with van der Waals surface area (Å²) in [6, 6.07) is 31.4. The second-order valence-corrected chi connectivity index (χ2v) is 12.6. The zero-order valence-electron chi connectivity index (χ0n) is 22.6. The topological polar surface area (TPSA) is 122 Å². The first-order valence-corrected chi connectivity index (χ1v) is 15.0. The number of cyclic esters (lactones) is 4. The highest BCUT2D eigenvalue weighted by Crippen LogP contribution is 2.47. The van der Waals surface area contributed by atoms with E-state index in [9.17, 15) is 19.2 Å². The minimum Gasteiger partial charge on any atom is -0.457 e. The van der Waals surface area contributed by atoms with E-state index in [1.807, 2.05) is 12.1 Å². The monoisotopic (exact) mass is 602 g/mol. The maximum absolute atomic E-state index is 15.4. The first kappa shape index (κ1) is 27.1. The molecule has 0 unspecified atom stereocenters. The van der Waals surface area contributed by atoms with Gasteiger partial charge in [-0.15, -0.1) is 0 Å². The highest BCUT2D eigenvalue weighted by atomic mass is 31.2. The first-order chi connectivity index (χ1) is 21.3. The molecule has 2 aliphatic rings. The molecule has 5 aromatic rings. The summed E-state index contributed by atoms with van der Waals surface area (Å²) in [6.45, 7) is 0. The van der Waals surface area contributed by atoms with Crippen LogP contribution < -0.4 is 25.4 Å². The van der Waals surface area contributed by atoms with Gasteiger partial charge in [-0.3, -0.25) is 0 Å². The molecule has 0 spiro atoms. The third-order valence-corrected chi connectivity index (χ3v) is 10.3. The van der Waals surface area contributed by atoms with Crippen LogP contribution in [0.3, 0.4) is 0 Å². The van der Waals surface area contributed by atoms with E-state index in [0.717, 1.165) is 0 Å². The molecular formula is C34H19O9P. The summed E-state index contributed by atoms with van der Waals surface area (Å²) in [5.74, 6) is -2.03. The highest BCUT2D eigenvalue weighted by Gasteiger charge is 2.35. The Labute approximate surface area is 249 Å². The molecule has 0 amide bonds. The van der Waals surface area contributed by atoms with Crippen molar-refractivity contribution in [2.45, 2.75) is 0 Å². The van der Waals surface area contributed by atoms with Gasteiger partial charge in [-0.1, -0.05) is 60.7 Å². The fourth-order valence-corrected chi connectivity index (χ4v) is 7.89. The van der Waals surface area contributed by atoms with Gasteiger partial charge in [-0.25, -0.2) is 19.2 Å². The molecule has 0 atom stereocenters. The number of esters is 4. The van der Waals surface area contributed by atoms with Crippen molar-refractivity contribution in [1.29, 1.82) is 0 Å². The highest BCUT2D eigenvalue weighted by molar-refractivity contribution is 7.85. The second-order valence-electron chi connectivity index (χ2n) is 9.88. The third kappa shape index (κ3) is 4.56. The van der Waals surface area contributed by atoms with Gasteiger partial charge < -0.3 is 23.5 Å². The number of carbonyl (C=O) groups excluding carboxylic acids is 4. The van der Waals surface area contributed by atoms with Crippen molar-refractivity contribution in [1.82, 2.24) is 0 Å². The summed E-state index contributed by atoms with van der Waals surface area (Å²) in [5.41, 5.74) is 0.423. The first-order valence-electron chi connectivity index (χ1n) is 13.3. The molecule has 214 valence electrons. The van der Waals surface area contributed by atoms with Crippen molar-refractivity contribution >= 4 is 46.9 Å². The van der Waals surface area contributed by atoms with Crippen LogP contribution in [0, 0.1) is 0 Å². The Morgan fingerprint density at radius 3 is 1.41 bits per heavy atom. The van der Waals surface area contributed by atoms with Gasteiger partial charge in [-0.2, -0.15) is 0 Å². The Kier molecular flexibility index (Phi) is 6.45. The van der Waals surface area contributed by atoms with Crippen LogP contribution in [0.5, 0.6) is 23.0 Å². The standard InChI is InChI=1S/C34H19O9P/c35-31-25-14-11-20(17-27(25)33(37)42-31)40-22-13-16-29(41-21-12-15-26-28(18-21)34(38)43-32(26)36)30(19-22)44(39,23-7-3-1-4-8-23)24-9-5-2-6-10-24/h1-19H. The van der Waals surface area contributed by atoms with E-state index in [4.69, 9.17) is 14.2 Å². The van der Waals surface area contributed by atoms with Gasteiger partial charge in [0.25, 0.3) is 0 Å². The van der Waals surface area contributed by atoms with Crippen molar-refractivity contribution in [3.8, 4) is 23.0 Å². The summed E-state index contributed by atoms with van der Waals surface area (Å²) in [5, 5.41) is 1.37. The van der Waals surface area contributed by atoms with Crippen molar-refractivity contribution in [3.05, 3.63) is 138 Å². The van der Waals surface area contributed by atoms with E-state index in [1.165, 1.54) is 36.4 Å². The van der Waals surface area contributed by atoms with E-state index in [1.54, 1.807) is 66.7 Å². The summed E-state index contributed by atoms with van der Waals surface area (Å²) in [4.78, 5) is 48.1. The molecule has 2 aliphatic heterocycles. The van der Waals surface area contributed by atoms with E-state index in [-0.39, 0.29) is 45.3 Å². The molecule has 7 rings (SSSR count). The average Bonchev–Trinajstić information content (AvgIpc) is 3.50. The number of rotatable bonds is 7. The number of benzene rings is 5. The van der Waals surface area contributed by atoms with Crippen molar-refractivity contribution < 1.29 is 42.7 Å². The number of hydrogen-bond acceptors (Lipinski definition) is 9. The molecule has 0 fully saturated rings. The van der Waals surface area contributed by atoms with E-state index in [2.05, 4.69) is 4.74 Å². The van der Waals surface area contributed by atoms with Crippen LogP contribution in [0.1, 0.15) is 41.4 Å². The molecule has 10 heteroatoms. The van der Waals surface area contributed by atoms with E-state index < -0.39 is 31.0 Å². The zero-order chi connectivity index (χ0) is 30.4. The molecule has 0 aromatic heterocycles. The smallest absolute Gasteiger partial charge is 0.347 e. The van der Waals surface area contributed by atoms with Crippen molar-refractivity contribution in [3.63, 3.8) is 0 Å². The molecule has 0 saturated carbocycles. The minimum atomic E-state index is -3.62. The molecular weight excluding hydrogens is 583 g/mol. The molecule has 0 aliphatic carbocycles. The Hall–Kier alpha value is -5.79. The molecule has 0 bridgehead atoms. The van der Waals surface area contributed by atoms with E-state index in [0.29, 0.717) is 15.9 Å². The largest absolute Gasteiger partial charge is 0.457 e. The van der Waals surface area contributed by atoms with Crippen LogP contribution in [0.2, 0.25) is 0 Å². The van der Waals surface area contributed by atoms with Crippen LogP contribution in [-0.4, -0.2) is 23.9 Å². The number of ether oxygens (including phenoxy) is 4. The maximum Gasteiger partial charge on any atom is 0.347 e. The van der Waals surface area contributed by atoms with Gasteiger partial charge in [-0.05, 0) is 54.6 Å². The predicted octanol–water partition coefficient (Wildman–Crippen LogP) is 5.53. The maximum atomic E-state index is 15.4. The molecule has 44 heavy (non-hydrogen) atoms. The minimum absolute atomic E-state index is 0.0666. The summed E-state index contributed by atoms with van der Waals surface area (Å²) in [7, 11) is -3.62. The van der Waals surface area contributed by atoms with Crippen molar-refractivity contribution in [2.75, 3.05) is 0 Å². The molecule has 9 nitrogen and oxygen atoms in total. The molecule has 0 radical (unpaired) electrons. The lowest BCUT2D eigenvalue weighted by Gasteiger charge is -2.23. The van der Waals surface area contributed by atoms with Gasteiger partial charge in [0.05, 0.1) is 27.6 Å². The van der Waals surface area contributed by atoms with Crippen LogP contribution >= 0.6 is 7.14 Å². The Morgan fingerprint density at radius 2 is 0.886 bits per heavy atom. The Bertz CT molecular complexity index is 2030. The lowest BCUT2D eigenvalue weighted by molar-refractivity contribution is 0.0425. The van der Waals surface area contributed by atoms with Crippen LogP contribution in [-0.2, 0) is 14.0 Å². The Morgan fingerprint density at radius 1 is 0.455 bits per heavy atom. The van der Waals surface area contributed by atoms with Crippen LogP contribution in [0.25, 0.3) is 0 Å². The second kappa shape index (κ2) is 10.5. The normalized spacial score (nSPS) is 13.6. The molecule has 5 aromatic carbocycles. The molecule has 0 N–H and O–H groups in total. The van der Waals surface area contributed by atoms with Gasteiger partial charge in [0.15, 0.2) is 7.14 Å². The van der Waals surface area contributed by atoms with Crippen LogP contribution in [0.4, 0.5) is 0 Å². The Balaban J connectivity index is 1.37. The lowest BCUT2D eigenvalue weighted by Crippen LogP contribution is -2.26. The fraction of sp³-hybridized carbons (Fsp3) is 0. The predicted molar refractivity (Wildman–Crippen MR) is 158 cm³/mol. The summed E-state index contributed by atoms with van der Waals surface area (Å²) >= 11 is 0. The lowest BCUT2D eigenvalue weighted by atomic mass is 10.1. The quantitative estimate of drug-likeness (QED) is 0.134. The van der Waals surface area contributed by atoms with E-state index >= 15 is 4.57 Å². The van der Waals surface area contributed by atoms with Gasteiger partial charge in [0.1, 0.15) is 23.0 Å². The third-order valence-electron chi connectivity index (χ3n) is 7.21. The van der Waals surface area contributed by atoms with Crippen molar-refractivity contribution in [2.24, 2.45) is 0 Å². The SMILES string of the molecule is O=C1OC(=O)c2cc(Oc3ccc(Oc4ccc5c(c4)C(=O)OC5=O)c(P(=O)(c4ccccc4)c4ccccc4)c3)ccc21. The van der Waals surface area contributed by atoms with Gasteiger partial charge >= 0.3 is 23.9 Å². The average molecular weight is 602 g/mol. The number of carbonyl (C=O) groups is 4. The molecule has 0 saturated heterocycles. The number of hydrogen-bond donors (Lipinski definition) is 0. The summed E-state index contributed by atoms with van der Waals surface area (Å²) < 4.78 is 37.1. The summed E-state index contributed by atoms with van der Waals surface area (Å²) in [6.07, 6.45) is 0. The van der Waals surface area contributed by atoms with Gasteiger partial charge in [0.2, 0.25) is 0 Å². The van der Waals surface area contributed by atoms with Gasteiger partial charge in [0, 0.05) is 10.6 Å².